The zero-order valence-electron chi connectivity index (χ0n) is 17.1. The van der Waals surface area contributed by atoms with E-state index >= 15 is 0 Å². The van der Waals surface area contributed by atoms with Crippen LogP contribution in [-0.4, -0.2) is 52.4 Å². The van der Waals surface area contributed by atoms with E-state index in [9.17, 15) is 19.3 Å². The molecule has 0 aliphatic carbocycles. The lowest BCUT2D eigenvalue weighted by atomic mass is 10.1. The Kier molecular flexibility index (Phi) is 8.08. The van der Waals surface area contributed by atoms with Crippen LogP contribution in [0.15, 0.2) is 36.4 Å². The van der Waals surface area contributed by atoms with Gasteiger partial charge in [0.15, 0.2) is 6.61 Å². The van der Waals surface area contributed by atoms with Crippen LogP contribution in [-0.2, 0) is 11.3 Å². The van der Waals surface area contributed by atoms with Gasteiger partial charge in [-0.1, -0.05) is 12.1 Å². The number of carbonyl (C=O) groups is 1. The number of piperazine rings is 1. The lowest BCUT2D eigenvalue weighted by Crippen LogP contribution is -2.58. The molecule has 1 fully saturated rings. The van der Waals surface area contributed by atoms with E-state index in [0.29, 0.717) is 32.5 Å². The molecule has 0 spiro atoms. The van der Waals surface area contributed by atoms with Crippen LogP contribution in [0, 0.1) is 23.1 Å². The summed E-state index contributed by atoms with van der Waals surface area (Å²) in [7, 11) is 0. The molecule has 1 aliphatic rings. The number of carbonyl (C=O) groups excluding carboxylic acids is 1. The second-order valence-electron chi connectivity index (χ2n) is 7.58. The fourth-order valence-electron chi connectivity index (χ4n) is 3.60. The first-order chi connectivity index (χ1) is 14.7. The number of benzene rings is 2. The molecule has 31 heavy (non-hydrogen) atoms. The molecular formula is C21H22FI2N3O4. The monoisotopic (exact) mass is 653 g/mol. The Hall–Kier alpha value is -1.54. The van der Waals surface area contributed by atoms with E-state index in [0.717, 1.165) is 5.56 Å². The molecule has 0 saturated carbocycles. The highest BCUT2D eigenvalue weighted by Gasteiger charge is 2.32. The predicted molar refractivity (Wildman–Crippen MR) is 131 cm³/mol. The quantitative estimate of drug-likeness (QED) is 0.262. The van der Waals surface area contributed by atoms with Crippen molar-refractivity contribution in [2.75, 3.05) is 19.7 Å². The first-order valence-corrected chi connectivity index (χ1v) is 11.9. The molecule has 0 radical (unpaired) electrons. The number of hydrogen-bond acceptors (Lipinski definition) is 5. The van der Waals surface area contributed by atoms with Gasteiger partial charge < -0.3 is 9.64 Å². The summed E-state index contributed by atoms with van der Waals surface area (Å²) in [5.41, 5.74) is 1.03. The van der Waals surface area contributed by atoms with Gasteiger partial charge in [0.2, 0.25) is 0 Å². The van der Waals surface area contributed by atoms with Gasteiger partial charge in [0.25, 0.3) is 11.6 Å². The lowest BCUT2D eigenvalue weighted by molar-refractivity contribution is -0.385. The minimum atomic E-state index is -0.451. The summed E-state index contributed by atoms with van der Waals surface area (Å²) in [6.07, 6.45) is 0. The SMILES string of the molecule is C[C@@H]1CN(C(=O)COc2c(I)cc([N+](=O)[O-])cc2I)[C@@H](C)CN1Cc1ccc(F)cc1. The Balaban J connectivity index is 1.60. The van der Waals surface area contributed by atoms with Gasteiger partial charge in [-0.15, -0.1) is 0 Å². The average Bonchev–Trinajstić information content (AvgIpc) is 2.71. The van der Waals surface area contributed by atoms with Crippen LogP contribution in [0.2, 0.25) is 0 Å². The van der Waals surface area contributed by atoms with Gasteiger partial charge in [-0.2, -0.15) is 0 Å². The molecule has 10 heteroatoms. The van der Waals surface area contributed by atoms with Crippen molar-refractivity contribution >= 4 is 56.8 Å². The molecular weight excluding hydrogens is 631 g/mol. The Labute approximate surface area is 207 Å². The fraction of sp³-hybridized carbons (Fsp3) is 0.381. The molecule has 3 rings (SSSR count). The zero-order chi connectivity index (χ0) is 22.7. The molecule has 7 nitrogen and oxygen atoms in total. The van der Waals surface area contributed by atoms with E-state index in [2.05, 4.69) is 11.8 Å². The number of nitro groups is 1. The fourth-order valence-corrected chi connectivity index (χ4v) is 5.64. The Morgan fingerprint density at radius 2 is 1.77 bits per heavy atom. The highest BCUT2D eigenvalue weighted by Crippen LogP contribution is 2.32. The average molecular weight is 653 g/mol. The van der Waals surface area contributed by atoms with Gasteiger partial charge in [-0.3, -0.25) is 19.8 Å². The Bertz CT molecular complexity index is 951. The summed E-state index contributed by atoms with van der Waals surface area (Å²) in [6, 6.07) is 9.50. The van der Waals surface area contributed by atoms with E-state index in [1.54, 1.807) is 12.1 Å². The van der Waals surface area contributed by atoms with Crippen LogP contribution in [0.1, 0.15) is 19.4 Å². The molecule has 1 amide bonds. The third-order valence-electron chi connectivity index (χ3n) is 5.27. The highest BCUT2D eigenvalue weighted by molar-refractivity contribution is 14.1. The molecule has 2 aromatic carbocycles. The second kappa shape index (κ2) is 10.4. The van der Waals surface area contributed by atoms with Crippen LogP contribution < -0.4 is 4.74 Å². The van der Waals surface area contributed by atoms with E-state index in [-0.39, 0.29) is 36.1 Å². The van der Waals surface area contributed by atoms with Crippen molar-refractivity contribution in [2.24, 2.45) is 0 Å². The first-order valence-electron chi connectivity index (χ1n) is 9.70. The van der Waals surface area contributed by atoms with E-state index in [1.807, 2.05) is 57.0 Å². The number of nitrogens with zero attached hydrogens (tertiary/aromatic N) is 3. The first kappa shape index (κ1) is 24.1. The minimum Gasteiger partial charge on any atom is -0.482 e. The van der Waals surface area contributed by atoms with Gasteiger partial charge in [0.1, 0.15) is 11.6 Å². The maximum atomic E-state index is 13.1. The molecule has 0 aromatic heterocycles. The molecule has 1 aliphatic heterocycles. The number of nitro benzene ring substituents is 1. The van der Waals surface area contributed by atoms with Gasteiger partial charge in [-0.25, -0.2) is 4.39 Å². The summed E-state index contributed by atoms with van der Waals surface area (Å²) in [4.78, 5) is 27.5. The molecule has 0 N–H and O–H groups in total. The van der Waals surface area contributed by atoms with Crippen molar-refractivity contribution in [1.29, 1.82) is 0 Å². The molecule has 2 atom stereocenters. The normalized spacial score (nSPS) is 19.3. The van der Waals surface area contributed by atoms with Gasteiger partial charge >= 0.3 is 0 Å². The molecule has 0 bridgehead atoms. The molecule has 2 aromatic rings. The van der Waals surface area contributed by atoms with Crippen molar-refractivity contribution in [1.82, 2.24) is 9.80 Å². The summed E-state index contributed by atoms with van der Waals surface area (Å²) in [6.45, 7) is 5.91. The smallest absolute Gasteiger partial charge is 0.271 e. The maximum absolute atomic E-state index is 13.1. The van der Waals surface area contributed by atoms with Crippen molar-refractivity contribution < 1.29 is 18.8 Å². The highest BCUT2D eigenvalue weighted by atomic mass is 127. The van der Waals surface area contributed by atoms with Crippen LogP contribution >= 0.6 is 45.2 Å². The number of hydrogen-bond donors (Lipinski definition) is 0. The summed E-state index contributed by atoms with van der Waals surface area (Å²) >= 11 is 3.96. The number of ether oxygens (including phenoxy) is 1. The molecule has 1 saturated heterocycles. The summed E-state index contributed by atoms with van der Waals surface area (Å²) < 4.78 is 20.1. The predicted octanol–water partition coefficient (Wildman–Crippen LogP) is 4.44. The zero-order valence-corrected chi connectivity index (χ0v) is 21.4. The van der Waals surface area contributed by atoms with Crippen LogP contribution in [0.3, 0.4) is 0 Å². The second-order valence-corrected chi connectivity index (χ2v) is 9.91. The number of non-ortho nitro benzene ring substituents is 1. The van der Waals surface area contributed by atoms with Crippen molar-refractivity contribution in [3.05, 3.63) is 65.0 Å². The van der Waals surface area contributed by atoms with Crippen LogP contribution in [0.5, 0.6) is 5.75 Å². The Morgan fingerprint density at radius 1 is 1.16 bits per heavy atom. The van der Waals surface area contributed by atoms with Crippen LogP contribution in [0.25, 0.3) is 0 Å². The number of amides is 1. The van der Waals surface area contributed by atoms with E-state index in [1.165, 1.54) is 24.3 Å². The third kappa shape index (κ3) is 6.04. The number of halogens is 3. The number of rotatable bonds is 6. The van der Waals surface area contributed by atoms with Gasteiger partial charge in [-0.05, 0) is 76.7 Å². The van der Waals surface area contributed by atoms with Crippen LogP contribution in [0.4, 0.5) is 10.1 Å². The van der Waals surface area contributed by atoms with Crippen molar-refractivity contribution in [2.45, 2.75) is 32.5 Å². The largest absolute Gasteiger partial charge is 0.482 e. The van der Waals surface area contributed by atoms with Crippen molar-refractivity contribution in [3.63, 3.8) is 0 Å². The maximum Gasteiger partial charge on any atom is 0.271 e. The van der Waals surface area contributed by atoms with E-state index in [4.69, 9.17) is 4.74 Å². The summed E-state index contributed by atoms with van der Waals surface area (Å²) in [5, 5.41) is 11.0. The van der Waals surface area contributed by atoms with E-state index < -0.39 is 4.92 Å². The van der Waals surface area contributed by atoms with Crippen molar-refractivity contribution in [3.8, 4) is 5.75 Å². The standard InChI is InChI=1S/C21H22FI2N3O4/c1-13-10-26(14(2)9-25(13)11-15-3-5-16(22)6-4-15)20(28)12-31-21-18(23)7-17(27(29)30)8-19(21)24/h3-8,13-14H,9-12H2,1-2H3/t13-,14+/m1/s1. The van der Waals surface area contributed by atoms with Gasteiger partial charge in [0, 0.05) is 43.9 Å². The minimum absolute atomic E-state index is 0.00255. The molecule has 166 valence electrons. The van der Waals surface area contributed by atoms with Gasteiger partial charge in [0.05, 0.1) is 12.1 Å². The summed E-state index contributed by atoms with van der Waals surface area (Å²) in [5.74, 6) is 0.111. The lowest BCUT2D eigenvalue weighted by Gasteiger charge is -2.44. The third-order valence-corrected chi connectivity index (χ3v) is 6.87. The molecule has 1 heterocycles. The molecule has 0 unspecified atom stereocenters. The Morgan fingerprint density at radius 3 is 2.35 bits per heavy atom. The topological polar surface area (TPSA) is 75.9 Å².